The summed E-state index contributed by atoms with van der Waals surface area (Å²) >= 11 is 1.50. The molecule has 5 rings (SSSR count). The molecule has 0 unspecified atom stereocenters. The van der Waals surface area contributed by atoms with Gasteiger partial charge in [-0.3, -0.25) is 9.78 Å². The molecule has 1 amide bonds. The summed E-state index contributed by atoms with van der Waals surface area (Å²) in [5, 5.41) is 11.7. The Labute approximate surface area is 164 Å². The lowest BCUT2D eigenvalue weighted by Crippen LogP contribution is -2.14. The van der Waals surface area contributed by atoms with E-state index in [-0.39, 0.29) is 5.91 Å². The van der Waals surface area contributed by atoms with Crippen LogP contribution in [0.1, 0.15) is 28.0 Å². The lowest BCUT2D eigenvalue weighted by Gasteiger charge is -2.15. The topological polar surface area (TPSA) is 86.3 Å². The van der Waals surface area contributed by atoms with Crippen molar-refractivity contribution >= 4 is 27.8 Å². The molecule has 28 heavy (non-hydrogen) atoms. The summed E-state index contributed by atoms with van der Waals surface area (Å²) in [6.07, 6.45) is 8.05. The van der Waals surface area contributed by atoms with Crippen molar-refractivity contribution in [3.05, 3.63) is 47.7 Å². The minimum atomic E-state index is -0.202. The number of anilines is 1. The Balaban J connectivity index is 1.49. The fourth-order valence-electron chi connectivity index (χ4n) is 3.26. The van der Waals surface area contributed by atoms with Gasteiger partial charge in [-0.1, -0.05) is 0 Å². The van der Waals surface area contributed by atoms with E-state index in [9.17, 15) is 4.79 Å². The molecule has 0 saturated heterocycles. The average Bonchev–Trinajstić information content (AvgIpc) is 3.37. The number of aryl methyl sites for hydroxylation is 3. The van der Waals surface area contributed by atoms with Crippen LogP contribution in [0.5, 0.6) is 5.88 Å². The lowest BCUT2D eigenvalue weighted by atomic mass is 10.2. The minimum absolute atomic E-state index is 0.202. The van der Waals surface area contributed by atoms with Crippen molar-refractivity contribution in [2.75, 3.05) is 11.9 Å². The number of hydrogen-bond donors (Lipinski definition) is 1. The first kappa shape index (κ1) is 16.9. The summed E-state index contributed by atoms with van der Waals surface area (Å²) in [5.74, 6) is 0.579. The van der Waals surface area contributed by atoms with Crippen LogP contribution in [0.25, 0.3) is 15.3 Å². The molecule has 0 aromatic carbocycles. The van der Waals surface area contributed by atoms with Crippen LogP contribution >= 0.6 is 11.3 Å². The number of amides is 1. The van der Waals surface area contributed by atoms with Gasteiger partial charge in [-0.2, -0.15) is 10.2 Å². The van der Waals surface area contributed by atoms with Crippen LogP contribution in [0.15, 0.2) is 30.9 Å². The maximum Gasteiger partial charge on any atom is 0.260 e. The van der Waals surface area contributed by atoms with Crippen LogP contribution < -0.4 is 10.1 Å². The highest BCUT2D eigenvalue weighted by Crippen LogP contribution is 2.37. The number of thiazole rings is 1. The van der Waals surface area contributed by atoms with Gasteiger partial charge in [0.15, 0.2) is 0 Å². The number of rotatable bonds is 3. The fraction of sp³-hybridized carbons (Fsp3) is 0.263. The van der Waals surface area contributed by atoms with E-state index >= 15 is 0 Å². The molecular weight excluding hydrogens is 376 g/mol. The number of pyridine rings is 1. The van der Waals surface area contributed by atoms with Crippen molar-refractivity contribution in [1.82, 2.24) is 24.4 Å². The van der Waals surface area contributed by atoms with Crippen LogP contribution in [0, 0.1) is 13.8 Å². The van der Waals surface area contributed by atoms with Gasteiger partial charge in [0.1, 0.15) is 4.83 Å². The van der Waals surface area contributed by atoms with Crippen LogP contribution in [-0.4, -0.2) is 36.9 Å². The lowest BCUT2D eigenvalue weighted by molar-refractivity contribution is 0.102. The molecule has 9 heteroatoms. The Morgan fingerprint density at radius 1 is 1.25 bits per heavy atom. The third-order valence-corrected chi connectivity index (χ3v) is 5.87. The van der Waals surface area contributed by atoms with Crippen molar-refractivity contribution < 1.29 is 9.53 Å². The Morgan fingerprint density at radius 3 is 3.04 bits per heavy atom. The van der Waals surface area contributed by atoms with E-state index in [4.69, 9.17) is 4.74 Å². The Kier molecular flexibility index (Phi) is 3.90. The standard InChI is InChI=1S/C19H18N6O2S/c1-11-6-15(12(2)20-7-11)23-17(26)14-9-22-25-10-16(28-19(14)25)13-8-21-24-4-3-5-27-18(13)24/h6-10H,3-5H2,1-2H3,(H,23,26). The van der Waals surface area contributed by atoms with Gasteiger partial charge >= 0.3 is 0 Å². The molecule has 0 saturated carbocycles. The molecule has 0 aliphatic carbocycles. The van der Waals surface area contributed by atoms with Crippen LogP contribution in [0.3, 0.4) is 0 Å². The predicted octanol–water partition coefficient (Wildman–Crippen LogP) is 3.31. The zero-order valence-corrected chi connectivity index (χ0v) is 16.3. The van der Waals surface area contributed by atoms with Crippen molar-refractivity contribution in [3.63, 3.8) is 0 Å². The molecule has 142 valence electrons. The second kappa shape index (κ2) is 6.45. The smallest absolute Gasteiger partial charge is 0.260 e. The van der Waals surface area contributed by atoms with Gasteiger partial charge in [0, 0.05) is 25.4 Å². The highest BCUT2D eigenvalue weighted by atomic mass is 32.1. The zero-order chi connectivity index (χ0) is 19.3. The second-order valence-electron chi connectivity index (χ2n) is 6.79. The summed E-state index contributed by atoms with van der Waals surface area (Å²) in [6.45, 7) is 5.36. The first-order valence-corrected chi connectivity index (χ1v) is 9.82. The van der Waals surface area contributed by atoms with E-state index in [1.54, 1.807) is 16.9 Å². The molecule has 0 atom stereocenters. The van der Waals surface area contributed by atoms with Gasteiger partial charge in [0.2, 0.25) is 5.88 Å². The van der Waals surface area contributed by atoms with Gasteiger partial charge in [-0.25, -0.2) is 9.20 Å². The normalized spacial score (nSPS) is 13.4. The fourth-order valence-corrected chi connectivity index (χ4v) is 4.32. The van der Waals surface area contributed by atoms with Gasteiger partial charge in [0.05, 0.1) is 46.4 Å². The minimum Gasteiger partial charge on any atom is -0.477 e. The summed E-state index contributed by atoms with van der Waals surface area (Å²) < 4.78 is 9.40. The summed E-state index contributed by atoms with van der Waals surface area (Å²) in [6, 6.07) is 1.91. The van der Waals surface area contributed by atoms with Gasteiger partial charge in [-0.15, -0.1) is 11.3 Å². The maximum absolute atomic E-state index is 12.9. The number of hydrogen-bond acceptors (Lipinski definition) is 6. The molecule has 1 aliphatic heterocycles. The third kappa shape index (κ3) is 2.75. The van der Waals surface area contributed by atoms with E-state index < -0.39 is 0 Å². The van der Waals surface area contributed by atoms with E-state index in [2.05, 4.69) is 20.5 Å². The first-order chi connectivity index (χ1) is 13.6. The molecular formula is C19H18N6O2S. The van der Waals surface area contributed by atoms with Crippen molar-refractivity contribution in [2.45, 2.75) is 26.8 Å². The highest BCUT2D eigenvalue weighted by Gasteiger charge is 2.22. The van der Waals surface area contributed by atoms with Gasteiger partial charge < -0.3 is 10.1 Å². The molecule has 0 bridgehead atoms. The van der Waals surface area contributed by atoms with Crippen molar-refractivity contribution in [2.24, 2.45) is 0 Å². The van der Waals surface area contributed by atoms with Crippen LogP contribution in [0.4, 0.5) is 5.69 Å². The van der Waals surface area contributed by atoms with Gasteiger partial charge in [-0.05, 0) is 25.5 Å². The van der Waals surface area contributed by atoms with Crippen molar-refractivity contribution in [3.8, 4) is 16.3 Å². The van der Waals surface area contributed by atoms with E-state index in [0.29, 0.717) is 17.9 Å². The van der Waals surface area contributed by atoms with Crippen LogP contribution in [0.2, 0.25) is 0 Å². The molecule has 0 radical (unpaired) electrons. The monoisotopic (exact) mass is 394 g/mol. The maximum atomic E-state index is 12.9. The number of aromatic nitrogens is 5. The number of ether oxygens (including phenoxy) is 1. The molecule has 8 nitrogen and oxygen atoms in total. The van der Waals surface area contributed by atoms with E-state index in [0.717, 1.165) is 45.4 Å². The number of fused-ring (bicyclic) bond motifs is 2. The Bertz CT molecular complexity index is 1200. The Hall–Kier alpha value is -3.20. The summed E-state index contributed by atoms with van der Waals surface area (Å²) in [5.41, 5.74) is 3.93. The van der Waals surface area contributed by atoms with E-state index in [1.807, 2.05) is 37.0 Å². The molecule has 0 spiro atoms. The molecule has 4 aromatic rings. The summed E-state index contributed by atoms with van der Waals surface area (Å²) in [7, 11) is 0. The van der Waals surface area contributed by atoms with E-state index in [1.165, 1.54) is 11.3 Å². The molecule has 5 heterocycles. The predicted molar refractivity (Wildman–Crippen MR) is 106 cm³/mol. The largest absolute Gasteiger partial charge is 0.477 e. The zero-order valence-electron chi connectivity index (χ0n) is 15.5. The molecule has 4 aromatic heterocycles. The first-order valence-electron chi connectivity index (χ1n) is 9.01. The van der Waals surface area contributed by atoms with Crippen molar-refractivity contribution in [1.29, 1.82) is 0 Å². The van der Waals surface area contributed by atoms with Gasteiger partial charge in [0.25, 0.3) is 5.91 Å². The molecule has 0 fully saturated rings. The average molecular weight is 394 g/mol. The third-order valence-electron chi connectivity index (χ3n) is 4.72. The number of nitrogens with zero attached hydrogens (tertiary/aromatic N) is 5. The summed E-state index contributed by atoms with van der Waals surface area (Å²) in [4.78, 5) is 18.9. The number of nitrogens with one attached hydrogen (secondary N) is 1. The Morgan fingerprint density at radius 2 is 2.14 bits per heavy atom. The molecule has 1 N–H and O–H groups in total. The number of carbonyl (C=O) groups excluding carboxylic acids is 1. The molecule has 1 aliphatic rings. The second-order valence-corrected chi connectivity index (χ2v) is 7.82. The highest BCUT2D eigenvalue weighted by molar-refractivity contribution is 7.21. The SMILES string of the molecule is Cc1cnc(C)c(NC(=O)c2cnn3cc(-c4cnn5c4OCCC5)sc23)c1. The van der Waals surface area contributed by atoms with Crippen LogP contribution in [-0.2, 0) is 6.54 Å². The quantitative estimate of drug-likeness (QED) is 0.576. The number of carbonyl (C=O) groups is 1.